The third-order valence-corrected chi connectivity index (χ3v) is 5.53. The van der Waals surface area contributed by atoms with Gasteiger partial charge in [0.25, 0.3) is 5.91 Å². The van der Waals surface area contributed by atoms with Gasteiger partial charge in [-0.2, -0.15) is 0 Å². The lowest BCUT2D eigenvalue weighted by Crippen LogP contribution is -2.26. The number of thiazole rings is 1. The van der Waals surface area contributed by atoms with E-state index >= 15 is 0 Å². The second-order valence-electron chi connectivity index (χ2n) is 7.16. The van der Waals surface area contributed by atoms with Crippen molar-refractivity contribution < 1.29 is 9.18 Å². The highest BCUT2D eigenvalue weighted by atomic mass is 32.1. The first kappa shape index (κ1) is 16.1. The molecule has 1 unspecified atom stereocenters. The van der Waals surface area contributed by atoms with Gasteiger partial charge in [0, 0.05) is 10.4 Å². The summed E-state index contributed by atoms with van der Waals surface area (Å²) in [6.45, 7) is 6.84. The van der Waals surface area contributed by atoms with Gasteiger partial charge in [0.1, 0.15) is 5.82 Å². The van der Waals surface area contributed by atoms with Crippen molar-refractivity contribution in [3.05, 3.63) is 46.2 Å². The zero-order valence-electron chi connectivity index (χ0n) is 13.6. The summed E-state index contributed by atoms with van der Waals surface area (Å²) in [4.78, 5) is 18.0. The van der Waals surface area contributed by atoms with E-state index in [4.69, 9.17) is 0 Å². The second-order valence-corrected chi connectivity index (χ2v) is 8.24. The highest BCUT2D eigenvalue weighted by Crippen LogP contribution is 2.40. The number of rotatable bonds is 2. The number of carbonyl (C=O) groups excluding carboxylic acids is 1. The maximum atomic E-state index is 12.9. The van der Waals surface area contributed by atoms with Crippen molar-refractivity contribution in [1.82, 2.24) is 4.98 Å². The summed E-state index contributed by atoms with van der Waals surface area (Å²) in [6.07, 6.45) is 3.15. The molecule has 3 nitrogen and oxygen atoms in total. The number of nitrogens with one attached hydrogen (secondary N) is 1. The molecule has 23 heavy (non-hydrogen) atoms. The molecule has 1 aromatic carbocycles. The lowest BCUT2D eigenvalue weighted by molar-refractivity contribution is 0.102. The molecule has 1 aliphatic rings. The first-order chi connectivity index (χ1) is 10.8. The quantitative estimate of drug-likeness (QED) is 0.867. The van der Waals surface area contributed by atoms with E-state index in [9.17, 15) is 9.18 Å². The SMILES string of the molecule is CC(C)(C)C1CCc2nc(NC(=O)c3ccc(F)cc3)sc2C1. The van der Waals surface area contributed by atoms with Crippen LogP contribution in [0.3, 0.4) is 0 Å². The molecular formula is C18H21FN2OS. The summed E-state index contributed by atoms with van der Waals surface area (Å²) < 4.78 is 12.9. The number of aromatic nitrogens is 1. The zero-order valence-corrected chi connectivity index (χ0v) is 14.5. The molecule has 1 heterocycles. The van der Waals surface area contributed by atoms with Crippen LogP contribution in [-0.2, 0) is 12.8 Å². The summed E-state index contributed by atoms with van der Waals surface area (Å²) in [5, 5.41) is 3.47. The molecule has 5 heteroatoms. The molecule has 122 valence electrons. The topological polar surface area (TPSA) is 42.0 Å². The van der Waals surface area contributed by atoms with E-state index in [0.717, 1.165) is 25.0 Å². The molecule has 0 radical (unpaired) electrons. The van der Waals surface area contributed by atoms with E-state index in [-0.39, 0.29) is 11.7 Å². The third kappa shape index (κ3) is 3.61. The van der Waals surface area contributed by atoms with E-state index in [1.54, 1.807) is 11.3 Å². The summed E-state index contributed by atoms with van der Waals surface area (Å²) in [5.74, 6) is 0.0547. The van der Waals surface area contributed by atoms with Crippen LogP contribution in [0, 0.1) is 17.2 Å². The molecular weight excluding hydrogens is 311 g/mol. The molecule has 1 N–H and O–H groups in total. The van der Waals surface area contributed by atoms with Gasteiger partial charge in [-0.15, -0.1) is 11.3 Å². The average Bonchev–Trinajstić information content (AvgIpc) is 2.88. The molecule has 0 saturated carbocycles. The van der Waals surface area contributed by atoms with Gasteiger partial charge in [-0.3, -0.25) is 10.1 Å². The fourth-order valence-electron chi connectivity index (χ4n) is 2.94. The van der Waals surface area contributed by atoms with E-state index in [0.29, 0.717) is 22.0 Å². The number of carbonyl (C=O) groups is 1. The van der Waals surface area contributed by atoms with Crippen LogP contribution in [0.25, 0.3) is 0 Å². The van der Waals surface area contributed by atoms with Gasteiger partial charge >= 0.3 is 0 Å². The van der Waals surface area contributed by atoms with Crippen molar-refractivity contribution in [3.63, 3.8) is 0 Å². The van der Waals surface area contributed by atoms with Gasteiger partial charge in [-0.25, -0.2) is 9.37 Å². The number of nitrogens with zero attached hydrogens (tertiary/aromatic N) is 1. The van der Waals surface area contributed by atoms with Crippen LogP contribution in [0.5, 0.6) is 0 Å². The van der Waals surface area contributed by atoms with E-state index < -0.39 is 0 Å². The van der Waals surface area contributed by atoms with Gasteiger partial charge in [0.15, 0.2) is 5.13 Å². The monoisotopic (exact) mass is 332 g/mol. The second kappa shape index (κ2) is 6.04. The van der Waals surface area contributed by atoms with Crippen molar-refractivity contribution in [2.75, 3.05) is 5.32 Å². The number of benzene rings is 1. The first-order valence-corrected chi connectivity index (χ1v) is 8.70. The molecule has 1 amide bonds. The van der Waals surface area contributed by atoms with Crippen LogP contribution < -0.4 is 5.32 Å². The molecule has 0 spiro atoms. The van der Waals surface area contributed by atoms with Gasteiger partial charge in [0.05, 0.1) is 5.69 Å². The minimum atomic E-state index is -0.348. The molecule has 1 aliphatic carbocycles. The van der Waals surface area contributed by atoms with Crippen molar-refractivity contribution >= 4 is 22.4 Å². The Hall–Kier alpha value is -1.75. The Balaban J connectivity index is 1.72. The zero-order chi connectivity index (χ0) is 16.6. The normalized spacial score (nSPS) is 17.7. The summed E-state index contributed by atoms with van der Waals surface area (Å²) in [5.41, 5.74) is 1.84. The Morgan fingerprint density at radius 2 is 2.00 bits per heavy atom. The van der Waals surface area contributed by atoms with Gasteiger partial charge in [0.2, 0.25) is 0 Å². The number of hydrogen-bond donors (Lipinski definition) is 1. The highest BCUT2D eigenvalue weighted by molar-refractivity contribution is 7.15. The van der Waals surface area contributed by atoms with Crippen molar-refractivity contribution in [3.8, 4) is 0 Å². The van der Waals surface area contributed by atoms with Crippen LogP contribution in [-0.4, -0.2) is 10.9 Å². The van der Waals surface area contributed by atoms with Crippen LogP contribution in [0.4, 0.5) is 9.52 Å². The summed E-state index contributed by atoms with van der Waals surface area (Å²) in [7, 11) is 0. The molecule has 1 atom stereocenters. The fraction of sp³-hybridized carbons (Fsp3) is 0.444. The lowest BCUT2D eigenvalue weighted by atomic mass is 9.73. The number of fused-ring (bicyclic) bond motifs is 1. The first-order valence-electron chi connectivity index (χ1n) is 7.88. The van der Waals surface area contributed by atoms with Gasteiger partial charge in [-0.1, -0.05) is 20.8 Å². The fourth-order valence-corrected chi connectivity index (χ4v) is 4.02. The van der Waals surface area contributed by atoms with E-state index in [1.165, 1.54) is 29.1 Å². The Bertz CT molecular complexity index is 716. The number of hydrogen-bond acceptors (Lipinski definition) is 3. The molecule has 0 aliphatic heterocycles. The van der Waals surface area contributed by atoms with Crippen LogP contribution in [0.1, 0.15) is 48.1 Å². The Morgan fingerprint density at radius 1 is 1.30 bits per heavy atom. The molecule has 2 aromatic rings. The van der Waals surface area contributed by atoms with Crippen molar-refractivity contribution in [2.45, 2.75) is 40.0 Å². The van der Waals surface area contributed by atoms with Crippen LogP contribution >= 0.6 is 11.3 Å². The largest absolute Gasteiger partial charge is 0.298 e. The van der Waals surface area contributed by atoms with Crippen molar-refractivity contribution in [1.29, 1.82) is 0 Å². The van der Waals surface area contributed by atoms with Crippen molar-refractivity contribution in [2.24, 2.45) is 11.3 Å². The molecule has 0 fully saturated rings. The molecule has 1 aromatic heterocycles. The number of amides is 1. The maximum Gasteiger partial charge on any atom is 0.257 e. The van der Waals surface area contributed by atoms with Crippen LogP contribution in [0.15, 0.2) is 24.3 Å². The lowest BCUT2D eigenvalue weighted by Gasteiger charge is -2.33. The summed E-state index contributed by atoms with van der Waals surface area (Å²) >= 11 is 1.56. The predicted molar refractivity (Wildman–Crippen MR) is 91.4 cm³/mol. The summed E-state index contributed by atoms with van der Waals surface area (Å²) in [6, 6.07) is 5.53. The minimum absolute atomic E-state index is 0.247. The van der Waals surface area contributed by atoms with Gasteiger partial charge < -0.3 is 0 Å². The highest BCUT2D eigenvalue weighted by Gasteiger charge is 2.30. The Labute approximate surface area is 140 Å². The number of halogens is 1. The van der Waals surface area contributed by atoms with E-state index in [2.05, 4.69) is 31.1 Å². The maximum absolute atomic E-state index is 12.9. The third-order valence-electron chi connectivity index (χ3n) is 4.49. The number of aryl methyl sites for hydroxylation is 1. The Morgan fingerprint density at radius 3 is 2.65 bits per heavy atom. The smallest absolute Gasteiger partial charge is 0.257 e. The minimum Gasteiger partial charge on any atom is -0.298 e. The molecule has 3 rings (SSSR count). The van der Waals surface area contributed by atoms with Crippen LogP contribution in [0.2, 0.25) is 0 Å². The standard InChI is InChI=1S/C18H21FN2OS/c1-18(2,3)12-6-9-14-15(10-12)23-17(20-14)21-16(22)11-4-7-13(19)8-5-11/h4-5,7-8,12H,6,9-10H2,1-3H3,(H,20,21,22). The Kier molecular flexibility index (Phi) is 4.23. The van der Waals surface area contributed by atoms with Gasteiger partial charge in [-0.05, 0) is 54.9 Å². The average molecular weight is 332 g/mol. The van der Waals surface area contributed by atoms with E-state index in [1.807, 2.05) is 0 Å². The number of anilines is 1. The molecule has 0 bridgehead atoms. The predicted octanol–water partition coefficient (Wildman–Crippen LogP) is 4.69. The molecule has 0 saturated heterocycles.